The molecular weight excluding hydrogens is 785 g/mol. The Balaban J connectivity index is 0.885. The lowest BCUT2D eigenvalue weighted by Gasteiger charge is -2.39. The van der Waals surface area contributed by atoms with Gasteiger partial charge in [-0.05, 0) is 93.7 Å². The van der Waals surface area contributed by atoms with Crippen molar-refractivity contribution in [3.05, 3.63) is 64.8 Å². The molecule has 2 aromatic carbocycles. The maximum absolute atomic E-state index is 13.9. The smallest absolute Gasteiger partial charge is 0.388 e. The van der Waals surface area contributed by atoms with Gasteiger partial charge in [-0.2, -0.15) is 18.2 Å². The van der Waals surface area contributed by atoms with Gasteiger partial charge in [0.1, 0.15) is 11.4 Å². The Morgan fingerprint density at radius 3 is 2.35 bits per heavy atom. The number of β-amino-alcohol motifs (C(OH)–C–C–N with tert-alkyl or cyclic N) is 1. The maximum Gasteiger partial charge on any atom is 0.421 e. The summed E-state index contributed by atoms with van der Waals surface area (Å²) in [6, 6.07) is 11.9. The number of aromatic nitrogens is 2. The van der Waals surface area contributed by atoms with Gasteiger partial charge < -0.3 is 20.2 Å². The van der Waals surface area contributed by atoms with Crippen molar-refractivity contribution >= 4 is 56.6 Å². The molecular formula is C39H48ClF3N8O5S. The Morgan fingerprint density at radius 2 is 1.70 bits per heavy atom. The first-order chi connectivity index (χ1) is 27.0. The molecule has 4 N–H and O–H groups in total. The van der Waals surface area contributed by atoms with Crippen LogP contribution in [0.5, 0.6) is 0 Å². The second-order valence-electron chi connectivity index (χ2n) is 15.9. The van der Waals surface area contributed by atoms with Crippen LogP contribution in [0.2, 0.25) is 5.02 Å². The van der Waals surface area contributed by atoms with Crippen molar-refractivity contribution < 1.29 is 36.3 Å². The fourth-order valence-corrected chi connectivity index (χ4v) is 10.0. The first-order valence-corrected chi connectivity index (χ1v) is 21.3. The summed E-state index contributed by atoms with van der Waals surface area (Å²) in [7, 11) is -3.92. The molecule has 13 nitrogen and oxygen atoms in total. The maximum atomic E-state index is 13.9. The highest BCUT2D eigenvalue weighted by molar-refractivity contribution is 7.89. The van der Waals surface area contributed by atoms with E-state index in [1.54, 1.807) is 6.92 Å². The zero-order chi connectivity index (χ0) is 40.5. The highest BCUT2D eigenvalue weighted by Gasteiger charge is 2.39. The standard InChI is InChI=1S/C39H48ClF3N8O5S/c1-38(54)15-2-16-51(24-38)35-31(39(41,42)43)22-44-37(47-35)45-33-13-11-29(21-32(33)40)57(55,56)48-27-7-3-25(4-8-27)23-49-17-19-50(20-18-49)28-9-5-26(6-10-28)30-12-14-34(52)46-36(30)53/h5-6,9-11,13,21-22,25,27,30,48,54H,2-4,7-8,12,14-20,23-24H2,1H3,(H,44,45,47)(H,46,52,53)/t25?,27?,30?,38-/m0/s1. The van der Waals surface area contributed by atoms with Crippen LogP contribution in [0.25, 0.3) is 0 Å². The van der Waals surface area contributed by atoms with E-state index < -0.39 is 27.4 Å². The number of amides is 2. The molecule has 2 amide bonds. The largest absolute Gasteiger partial charge is 0.421 e. The van der Waals surface area contributed by atoms with Crippen LogP contribution < -0.4 is 25.2 Å². The fraction of sp³-hybridized carbons (Fsp3) is 0.538. The number of halogens is 4. The van der Waals surface area contributed by atoms with E-state index in [2.05, 4.69) is 35.1 Å². The molecule has 4 fully saturated rings. The van der Waals surface area contributed by atoms with Crippen molar-refractivity contribution in [2.45, 2.75) is 86.9 Å². The third-order valence-corrected chi connectivity index (χ3v) is 13.3. The van der Waals surface area contributed by atoms with Gasteiger partial charge in [-0.25, -0.2) is 18.1 Å². The molecule has 0 spiro atoms. The third-order valence-electron chi connectivity index (χ3n) is 11.5. The van der Waals surface area contributed by atoms with Crippen LogP contribution in [-0.4, -0.2) is 97.7 Å². The number of nitrogens with zero attached hydrogens (tertiary/aromatic N) is 5. The molecule has 1 saturated carbocycles. The van der Waals surface area contributed by atoms with E-state index in [-0.39, 0.29) is 64.2 Å². The van der Waals surface area contributed by atoms with Gasteiger partial charge >= 0.3 is 6.18 Å². The van der Waals surface area contributed by atoms with Gasteiger partial charge in [0, 0.05) is 70.2 Å². The summed E-state index contributed by atoms with van der Waals surface area (Å²) in [5.74, 6) is -0.802. The average molecular weight is 833 g/mol. The van der Waals surface area contributed by atoms with Crippen LogP contribution >= 0.6 is 11.6 Å². The zero-order valence-electron chi connectivity index (χ0n) is 31.7. The van der Waals surface area contributed by atoms with E-state index in [9.17, 15) is 36.3 Å². The second kappa shape index (κ2) is 16.7. The molecule has 7 rings (SSSR count). The van der Waals surface area contributed by atoms with Crippen LogP contribution in [0.1, 0.15) is 75.3 Å². The number of sulfonamides is 1. The van der Waals surface area contributed by atoms with E-state index in [4.69, 9.17) is 11.6 Å². The summed E-state index contributed by atoms with van der Waals surface area (Å²) in [4.78, 5) is 37.9. The van der Waals surface area contributed by atoms with E-state index >= 15 is 0 Å². The van der Waals surface area contributed by atoms with Crippen molar-refractivity contribution in [3.8, 4) is 0 Å². The number of carbonyl (C=O) groups excluding carboxylic acids is 2. The third kappa shape index (κ3) is 9.99. The van der Waals surface area contributed by atoms with Gasteiger partial charge in [-0.15, -0.1) is 0 Å². The summed E-state index contributed by atoms with van der Waals surface area (Å²) in [6.07, 6.45) is 0.994. The Kier molecular flexibility index (Phi) is 12.0. The van der Waals surface area contributed by atoms with Gasteiger partial charge in [-0.1, -0.05) is 23.7 Å². The number of nitrogens with one attached hydrogen (secondary N) is 3. The molecule has 18 heteroatoms. The molecule has 4 aliphatic rings. The predicted molar refractivity (Wildman–Crippen MR) is 210 cm³/mol. The van der Waals surface area contributed by atoms with Gasteiger partial charge in [-0.3, -0.25) is 19.8 Å². The summed E-state index contributed by atoms with van der Waals surface area (Å²) in [5.41, 5.74) is 0.0542. The summed E-state index contributed by atoms with van der Waals surface area (Å²) < 4.78 is 71.3. The first kappa shape index (κ1) is 41.1. The number of piperidine rings is 2. The monoisotopic (exact) mass is 832 g/mol. The summed E-state index contributed by atoms with van der Waals surface area (Å²) in [6.45, 7) is 6.38. The van der Waals surface area contributed by atoms with Gasteiger partial charge in [0.05, 0.1) is 27.1 Å². The number of rotatable bonds is 10. The number of imide groups is 1. The SMILES string of the molecule is C[C@]1(O)CCCN(c2nc(Nc3ccc(S(=O)(=O)NC4CCC(CN5CCN(c6ccc(C7CCC(=O)NC7=O)cc6)CC5)CC4)cc3Cl)ncc2C(F)(F)F)C1. The molecule has 308 valence electrons. The minimum absolute atomic E-state index is 0.0249. The fourth-order valence-electron chi connectivity index (χ4n) is 8.39. The normalized spacial score (nSPS) is 25.3. The number of hydrogen-bond donors (Lipinski definition) is 4. The molecule has 1 unspecified atom stereocenters. The molecule has 0 bridgehead atoms. The Labute approximate surface area is 335 Å². The molecule has 3 aromatic rings. The number of piperazine rings is 1. The Morgan fingerprint density at radius 1 is 0.982 bits per heavy atom. The van der Waals surface area contributed by atoms with E-state index in [0.717, 1.165) is 56.8 Å². The molecule has 57 heavy (non-hydrogen) atoms. The minimum Gasteiger partial charge on any atom is -0.388 e. The van der Waals surface area contributed by atoms with Crippen LogP contribution in [0.15, 0.2) is 53.6 Å². The zero-order valence-corrected chi connectivity index (χ0v) is 33.3. The van der Waals surface area contributed by atoms with Crippen molar-refractivity contribution in [1.29, 1.82) is 0 Å². The number of carbonyl (C=O) groups is 2. The Hall–Kier alpha value is -4.03. The van der Waals surface area contributed by atoms with E-state index in [1.807, 2.05) is 24.3 Å². The van der Waals surface area contributed by atoms with E-state index in [0.29, 0.717) is 50.6 Å². The molecule has 0 radical (unpaired) electrons. The molecule has 3 aliphatic heterocycles. The Bertz CT molecular complexity index is 2060. The molecule has 1 aromatic heterocycles. The highest BCUT2D eigenvalue weighted by Crippen LogP contribution is 2.38. The number of alkyl halides is 3. The number of benzene rings is 2. The van der Waals surface area contributed by atoms with Crippen molar-refractivity contribution in [1.82, 2.24) is 24.9 Å². The number of aliphatic hydroxyl groups is 1. The van der Waals surface area contributed by atoms with Gasteiger partial charge in [0.25, 0.3) is 0 Å². The average Bonchev–Trinajstić information content (AvgIpc) is 3.16. The topological polar surface area (TPSA) is 160 Å². The van der Waals surface area contributed by atoms with Crippen molar-refractivity contribution in [2.24, 2.45) is 5.92 Å². The van der Waals surface area contributed by atoms with Crippen LogP contribution in [0, 0.1) is 5.92 Å². The van der Waals surface area contributed by atoms with Crippen molar-refractivity contribution in [2.75, 3.05) is 60.9 Å². The highest BCUT2D eigenvalue weighted by atomic mass is 35.5. The minimum atomic E-state index is -4.72. The van der Waals surface area contributed by atoms with Gasteiger partial charge in [0.2, 0.25) is 27.8 Å². The first-order valence-electron chi connectivity index (χ1n) is 19.4. The number of hydrogen-bond acceptors (Lipinski definition) is 11. The molecule has 1 aliphatic carbocycles. The van der Waals surface area contributed by atoms with Crippen LogP contribution in [-0.2, 0) is 25.8 Å². The lowest BCUT2D eigenvalue weighted by molar-refractivity contribution is -0.138. The molecule has 2 atom stereocenters. The molecule has 3 saturated heterocycles. The summed E-state index contributed by atoms with van der Waals surface area (Å²) >= 11 is 6.49. The number of anilines is 4. The lowest BCUT2D eigenvalue weighted by Crippen LogP contribution is -2.48. The predicted octanol–water partition coefficient (Wildman–Crippen LogP) is 5.42. The van der Waals surface area contributed by atoms with Gasteiger partial charge in [0.15, 0.2) is 0 Å². The quantitative estimate of drug-likeness (QED) is 0.193. The van der Waals surface area contributed by atoms with Crippen LogP contribution in [0.4, 0.5) is 36.3 Å². The van der Waals surface area contributed by atoms with Crippen LogP contribution in [0.3, 0.4) is 0 Å². The lowest BCUT2D eigenvalue weighted by atomic mass is 9.86. The molecule has 4 heterocycles. The van der Waals surface area contributed by atoms with E-state index in [1.165, 1.54) is 23.1 Å². The second-order valence-corrected chi connectivity index (χ2v) is 18.1. The van der Waals surface area contributed by atoms with Crippen molar-refractivity contribution in [3.63, 3.8) is 0 Å². The summed E-state index contributed by atoms with van der Waals surface area (Å²) in [5, 5.41) is 15.8.